The number of methoxy groups -OCH3 is 1. The number of rotatable bonds is 3. The molecule has 1 amide bonds. The van der Waals surface area contributed by atoms with Gasteiger partial charge in [-0.05, 0) is 13.8 Å². The van der Waals surface area contributed by atoms with Crippen LogP contribution in [0.4, 0.5) is 4.79 Å². The molecule has 0 bridgehead atoms. The van der Waals surface area contributed by atoms with Crippen molar-refractivity contribution in [3.8, 4) is 0 Å². The summed E-state index contributed by atoms with van der Waals surface area (Å²) >= 11 is 0. The average molecular weight is 175 g/mol. The van der Waals surface area contributed by atoms with Gasteiger partial charge in [-0.25, -0.2) is 4.79 Å². The van der Waals surface area contributed by atoms with Crippen molar-refractivity contribution in [2.45, 2.75) is 32.7 Å². The molecule has 0 saturated carbocycles. The smallest absolute Gasteiger partial charge is 0.407 e. The Hall–Kier alpha value is -1.06. The van der Waals surface area contributed by atoms with Crippen LogP contribution in [0.1, 0.15) is 28.6 Å². The number of hydrogen-bond donors (Lipinski definition) is 1. The Morgan fingerprint density at radius 1 is 1.50 bits per heavy atom. The van der Waals surface area contributed by atoms with E-state index in [2.05, 4.69) is 10.1 Å². The lowest BCUT2D eigenvalue weighted by Crippen LogP contribution is -2.49. The summed E-state index contributed by atoms with van der Waals surface area (Å²) in [5.74, 6) is -0.0205. The lowest BCUT2D eigenvalue weighted by Gasteiger charge is -2.22. The van der Waals surface area contributed by atoms with Crippen molar-refractivity contribution in [1.29, 1.82) is 0 Å². The van der Waals surface area contributed by atoms with Gasteiger partial charge in [0.2, 0.25) is 0 Å². The summed E-state index contributed by atoms with van der Waals surface area (Å²) in [5.41, 5.74) is -0.832. The number of amides is 1. The van der Waals surface area contributed by atoms with Crippen LogP contribution in [0.2, 0.25) is 0 Å². The van der Waals surface area contributed by atoms with E-state index in [1.165, 1.54) is 7.11 Å². The second-order valence-electron chi connectivity index (χ2n) is 3.02. The number of carbonyl (C=O) groups is 2. The third-order valence-electron chi connectivity index (χ3n) is 1.62. The van der Waals surface area contributed by atoms with E-state index in [1.807, 2.05) is 0 Å². The summed E-state index contributed by atoms with van der Waals surface area (Å²) in [6.07, 6.45) is -0.182. The fraction of sp³-hybridized carbons (Fsp3) is 0.750. The molecule has 0 aliphatic carbocycles. The van der Waals surface area contributed by atoms with Crippen LogP contribution in [0.5, 0.6) is 0 Å². The van der Waals surface area contributed by atoms with Crippen LogP contribution in [0.3, 0.4) is 0 Å². The van der Waals surface area contributed by atoms with Gasteiger partial charge in [0.15, 0.2) is 5.78 Å². The number of Topliss-reactive ketones (excluding diaryl/α,β-unsaturated/α-hetero) is 1. The average Bonchev–Trinajstić information content (AvgIpc) is 2.02. The van der Waals surface area contributed by atoms with E-state index in [1.54, 1.807) is 20.8 Å². The Kier molecular flexibility index (Phi) is 3.73. The largest absolute Gasteiger partial charge is 0.453 e. The third-order valence-corrected chi connectivity index (χ3v) is 1.62. The topological polar surface area (TPSA) is 55.4 Å². The van der Waals surface area contributed by atoms with Gasteiger partial charge in [0.05, 0.1) is 12.6 Å². The van der Waals surface area contributed by atoms with Crippen LogP contribution in [-0.4, -0.2) is 24.5 Å². The maximum absolute atomic E-state index is 11.2. The molecule has 0 saturated heterocycles. The first kappa shape index (κ1) is 10.9. The summed E-state index contributed by atoms with van der Waals surface area (Å²) in [6.45, 7) is 5.05. The Bertz CT molecular complexity index is 192. The summed E-state index contributed by atoms with van der Waals surface area (Å²) in [4.78, 5) is 22.0. The van der Waals surface area contributed by atoms with Gasteiger partial charge in [-0.1, -0.05) is 6.92 Å². The minimum Gasteiger partial charge on any atom is -0.453 e. The maximum Gasteiger partial charge on any atom is 0.407 e. The molecule has 0 aromatic heterocycles. The van der Waals surface area contributed by atoms with Gasteiger partial charge in [0.1, 0.15) is 0 Å². The highest BCUT2D eigenvalue weighted by molar-refractivity contribution is 5.90. The molecule has 0 rings (SSSR count). The molecule has 0 heterocycles. The van der Waals surface area contributed by atoms with E-state index in [-0.39, 0.29) is 7.21 Å². The standard InChI is InChI=1S/C8H15NO3.H2/c1-5-6(10)8(2,3)9-7(11)12-4;/h5H2,1-4H3,(H,9,11);1H. The first-order valence-electron chi connectivity index (χ1n) is 3.83. The molecule has 0 aromatic rings. The molecule has 72 valence electrons. The second kappa shape index (κ2) is 4.09. The molecule has 12 heavy (non-hydrogen) atoms. The molecule has 0 unspecified atom stereocenters. The number of carbonyl (C=O) groups excluding carboxylic acids is 2. The van der Waals surface area contributed by atoms with Gasteiger partial charge in [0, 0.05) is 7.85 Å². The summed E-state index contributed by atoms with van der Waals surface area (Å²) in [6, 6.07) is 0. The molecule has 0 aliphatic rings. The van der Waals surface area contributed by atoms with Gasteiger partial charge >= 0.3 is 6.09 Å². The first-order valence-corrected chi connectivity index (χ1v) is 3.83. The fourth-order valence-electron chi connectivity index (χ4n) is 0.818. The normalized spacial score (nSPS) is 10.7. The van der Waals surface area contributed by atoms with Gasteiger partial charge in [0.25, 0.3) is 0 Å². The summed E-state index contributed by atoms with van der Waals surface area (Å²) < 4.78 is 4.38. The van der Waals surface area contributed by atoms with E-state index in [0.29, 0.717) is 6.42 Å². The van der Waals surface area contributed by atoms with Crippen LogP contribution in [0, 0.1) is 0 Å². The Balaban J connectivity index is 0. The molecular weight excluding hydrogens is 158 g/mol. The van der Waals surface area contributed by atoms with Crippen molar-refractivity contribution in [2.75, 3.05) is 7.11 Å². The Morgan fingerprint density at radius 3 is 2.33 bits per heavy atom. The van der Waals surface area contributed by atoms with E-state index in [9.17, 15) is 9.59 Å². The van der Waals surface area contributed by atoms with Crippen LogP contribution < -0.4 is 5.32 Å². The van der Waals surface area contributed by atoms with E-state index < -0.39 is 11.6 Å². The number of ether oxygens (including phenoxy) is 1. The minimum atomic E-state index is -0.832. The van der Waals surface area contributed by atoms with E-state index >= 15 is 0 Å². The van der Waals surface area contributed by atoms with Crippen LogP contribution in [0.25, 0.3) is 0 Å². The van der Waals surface area contributed by atoms with Crippen molar-refractivity contribution in [2.24, 2.45) is 0 Å². The number of alkyl carbamates (subject to hydrolysis) is 1. The van der Waals surface area contributed by atoms with Crippen molar-refractivity contribution in [3.63, 3.8) is 0 Å². The van der Waals surface area contributed by atoms with Gasteiger partial charge in [-0.3, -0.25) is 4.79 Å². The zero-order valence-corrected chi connectivity index (χ0v) is 7.93. The Labute approximate surface area is 73.8 Å². The highest BCUT2D eigenvalue weighted by Crippen LogP contribution is 2.06. The molecule has 4 nitrogen and oxygen atoms in total. The van der Waals surface area contributed by atoms with Crippen LogP contribution in [0.15, 0.2) is 0 Å². The van der Waals surface area contributed by atoms with Gasteiger partial charge < -0.3 is 10.1 Å². The molecule has 0 atom stereocenters. The molecule has 0 spiro atoms. The SMILES string of the molecule is CCC(=O)C(C)(C)NC(=O)OC.[HH]. The van der Waals surface area contributed by atoms with Gasteiger partial charge in [-0.2, -0.15) is 0 Å². The summed E-state index contributed by atoms with van der Waals surface area (Å²) in [5, 5.41) is 2.45. The molecule has 0 aromatic carbocycles. The lowest BCUT2D eigenvalue weighted by atomic mass is 9.98. The maximum atomic E-state index is 11.2. The monoisotopic (exact) mass is 175 g/mol. The predicted molar refractivity (Wildman–Crippen MR) is 47.0 cm³/mol. The number of hydrogen-bond acceptors (Lipinski definition) is 3. The predicted octanol–water partition coefficient (Wildman–Crippen LogP) is 1.35. The Morgan fingerprint density at radius 2 is 2.00 bits per heavy atom. The molecular formula is C8H17NO3. The third kappa shape index (κ3) is 2.90. The van der Waals surface area contributed by atoms with E-state index in [4.69, 9.17) is 0 Å². The van der Waals surface area contributed by atoms with Crippen molar-refractivity contribution in [1.82, 2.24) is 5.32 Å². The number of ketones is 1. The van der Waals surface area contributed by atoms with Crippen molar-refractivity contribution < 1.29 is 15.8 Å². The zero-order chi connectivity index (χ0) is 9.78. The van der Waals surface area contributed by atoms with Crippen LogP contribution in [-0.2, 0) is 9.53 Å². The van der Waals surface area contributed by atoms with Crippen molar-refractivity contribution >= 4 is 11.9 Å². The zero-order valence-electron chi connectivity index (χ0n) is 7.93. The molecule has 0 fully saturated rings. The fourth-order valence-corrected chi connectivity index (χ4v) is 0.818. The summed E-state index contributed by atoms with van der Waals surface area (Å²) in [7, 11) is 1.27. The van der Waals surface area contributed by atoms with E-state index in [0.717, 1.165) is 0 Å². The minimum absolute atomic E-state index is 0. The molecule has 1 N–H and O–H groups in total. The quantitative estimate of drug-likeness (QED) is 0.704. The highest BCUT2D eigenvalue weighted by Gasteiger charge is 2.27. The molecule has 4 heteroatoms. The highest BCUT2D eigenvalue weighted by atomic mass is 16.5. The van der Waals surface area contributed by atoms with Crippen LogP contribution >= 0.6 is 0 Å². The van der Waals surface area contributed by atoms with Crippen molar-refractivity contribution in [3.05, 3.63) is 0 Å². The molecule has 0 aliphatic heterocycles. The van der Waals surface area contributed by atoms with Gasteiger partial charge in [-0.15, -0.1) is 0 Å². The second-order valence-corrected chi connectivity index (χ2v) is 3.02. The number of nitrogens with one attached hydrogen (secondary N) is 1. The molecule has 0 radical (unpaired) electrons. The lowest BCUT2D eigenvalue weighted by molar-refractivity contribution is -0.123. The first-order chi connectivity index (χ1) is 5.44.